The topological polar surface area (TPSA) is 20.3 Å². The molecular weight excluding hydrogens is 333 g/mol. The summed E-state index contributed by atoms with van der Waals surface area (Å²) >= 11 is 1.58. The van der Waals surface area contributed by atoms with Crippen LogP contribution in [0.1, 0.15) is 25.0 Å². The van der Waals surface area contributed by atoms with Crippen LogP contribution in [0, 0.1) is 5.82 Å². The summed E-state index contributed by atoms with van der Waals surface area (Å²) in [5.74, 6) is 0.860. The quantitative estimate of drug-likeness (QED) is 0.588. The average molecular weight is 357 g/mol. The highest BCUT2D eigenvalue weighted by Crippen LogP contribution is 2.21. The normalized spacial score (nSPS) is 11.4. The number of Topliss-reactive ketones (excluding diaryl/α,β-unsaturated/α-hetero) is 1. The van der Waals surface area contributed by atoms with Gasteiger partial charge in [-0.05, 0) is 37.1 Å². The first kappa shape index (κ1) is 19.3. The van der Waals surface area contributed by atoms with Gasteiger partial charge in [0.15, 0.2) is 5.78 Å². The van der Waals surface area contributed by atoms with Crippen LogP contribution in [0.4, 0.5) is 4.39 Å². The van der Waals surface area contributed by atoms with E-state index >= 15 is 0 Å². The Morgan fingerprint density at radius 3 is 2.44 bits per heavy atom. The molecule has 0 aromatic heterocycles. The Morgan fingerprint density at radius 2 is 1.80 bits per heavy atom. The van der Waals surface area contributed by atoms with Crippen molar-refractivity contribution < 1.29 is 9.18 Å². The van der Waals surface area contributed by atoms with Crippen LogP contribution in [0.5, 0.6) is 0 Å². The van der Waals surface area contributed by atoms with Crippen LogP contribution in [0.15, 0.2) is 60.8 Å². The van der Waals surface area contributed by atoms with Gasteiger partial charge in [0, 0.05) is 30.6 Å². The Morgan fingerprint density at radius 1 is 1.08 bits per heavy atom. The molecule has 0 aliphatic rings. The fourth-order valence-corrected chi connectivity index (χ4v) is 3.34. The summed E-state index contributed by atoms with van der Waals surface area (Å²) in [7, 11) is 0. The molecule has 132 valence electrons. The first-order valence-corrected chi connectivity index (χ1v) is 9.66. The zero-order valence-corrected chi connectivity index (χ0v) is 15.6. The van der Waals surface area contributed by atoms with Gasteiger partial charge in [0.05, 0.1) is 5.75 Å². The van der Waals surface area contributed by atoms with Crippen molar-refractivity contribution in [3.05, 3.63) is 77.7 Å². The van der Waals surface area contributed by atoms with Crippen LogP contribution >= 0.6 is 11.8 Å². The van der Waals surface area contributed by atoms with Crippen LogP contribution in [-0.4, -0.2) is 29.5 Å². The van der Waals surface area contributed by atoms with E-state index in [2.05, 4.69) is 17.0 Å². The third-order valence-electron chi connectivity index (χ3n) is 3.90. The number of benzene rings is 2. The van der Waals surface area contributed by atoms with Crippen LogP contribution < -0.4 is 0 Å². The van der Waals surface area contributed by atoms with Crippen molar-refractivity contribution in [2.24, 2.45) is 0 Å². The molecule has 0 atom stereocenters. The summed E-state index contributed by atoms with van der Waals surface area (Å²) in [6.07, 6.45) is 1.86. The van der Waals surface area contributed by atoms with Crippen LogP contribution in [0.3, 0.4) is 0 Å². The first-order valence-electron chi connectivity index (χ1n) is 8.50. The Kier molecular flexibility index (Phi) is 7.74. The molecule has 0 amide bonds. The molecule has 0 spiro atoms. The zero-order valence-electron chi connectivity index (χ0n) is 14.7. The van der Waals surface area contributed by atoms with E-state index < -0.39 is 0 Å². The van der Waals surface area contributed by atoms with Gasteiger partial charge < -0.3 is 4.90 Å². The van der Waals surface area contributed by atoms with Crippen molar-refractivity contribution in [2.75, 3.05) is 18.8 Å². The van der Waals surface area contributed by atoms with Crippen LogP contribution in [0.2, 0.25) is 0 Å². The summed E-state index contributed by atoms with van der Waals surface area (Å²) in [5.41, 5.74) is 2.40. The van der Waals surface area contributed by atoms with E-state index in [9.17, 15) is 9.18 Å². The fourth-order valence-electron chi connectivity index (χ4n) is 2.47. The summed E-state index contributed by atoms with van der Waals surface area (Å²) in [4.78, 5) is 14.8. The summed E-state index contributed by atoms with van der Waals surface area (Å²) in [6.45, 7) is 5.69. The largest absolute Gasteiger partial charge is 0.377 e. The maximum atomic E-state index is 13.6. The molecule has 4 heteroatoms. The van der Waals surface area contributed by atoms with E-state index in [0.717, 1.165) is 18.8 Å². The lowest BCUT2D eigenvalue weighted by Crippen LogP contribution is -2.18. The van der Waals surface area contributed by atoms with Crippen molar-refractivity contribution in [1.82, 2.24) is 4.90 Å². The van der Waals surface area contributed by atoms with Gasteiger partial charge in [-0.15, -0.1) is 11.8 Å². The minimum Gasteiger partial charge on any atom is -0.377 e. The van der Waals surface area contributed by atoms with E-state index in [0.29, 0.717) is 16.9 Å². The van der Waals surface area contributed by atoms with Gasteiger partial charge in [0.25, 0.3) is 0 Å². The van der Waals surface area contributed by atoms with Crippen molar-refractivity contribution in [1.29, 1.82) is 0 Å². The predicted molar refractivity (Wildman–Crippen MR) is 105 cm³/mol. The molecule has 0 unspecified atom stereocenters. The third kappa shape index (κ3) is 6.05. The molecule has 0 fully saturated rings. The van der Waals surface area contributed by atoms with E-state index in [-0.39, 0.29) is 11.6 Å². The molecule has 2 aromatic carbocycles. The number of ketones is 1. The third-order valence-corrected chi connectivity index (χ3v) is 4.91. The van der Waals surface area contributed by atoms with Gasteiger partial charge in [-0.1, -0.05) is 42.5 Å². The SMILES string of the molecule is CCN(/C=C(/C(=O)CSCc1ccccc1)c1cccc(F)c1)CC. The average Bonchev–Trinajstić information content (AvgIpc) is 2.63. The van der Waals surface area contributed by atoms with Gasteiger partial charge in [-0.25, -0.2) is 4.39 Å². The molecule has 0 saturated heterocycles. The predicted octanol–water partition coefficient (Wildman–Crippen LogP) is 5.01. The van der Waals surface area contributed by atoms with Gasteiger partial charge in [0.1, 0.15) is 5.82 Å². The molecule has 0 bridgehead atoms. The smallest absolute Gasteiger partial charge is 0.174 e. The summed E-state index contributed by atoms with van der Waals surface area (Å²) < 4.78 is 13.6. The van der Waals surface area contributed by atoms with Crippen molar-refractivity contribution in [3.8, 4) is 0 Å². The lowest BCUT2D eigenvalue weighted by atomic mass is 10.0. The second kappa shape index (κ2) is 10.0. The molecule has 2 rings (SSSR count). The van der Waals surface area contributed by atoms with E-state index in [4.69, 9.17) is 0 Å². The van der Waals surface area contributed by atoms with E-state index in [1.54, 1.807) is 23.9 Å². The van der Waals surface area contributed by atoms with Crippen LogP contribution in [0.25, 0.3) is 5.57 Å². The summed E-state index contributed by atoms with van der Waals surface area (Å²) in [6, 6.07) is 16.3. The van der Waals surface area contributed by atoms with Gasteiger partial charge >= 0.3 is 0 Å². The van der Waals surface area contributed by atoms with E-state index in [1.165, 1.54) is 17.7 Å². The number of hydrogen-bond acceptors (Lipinski definition) is 3. The highest BCUT2D eigenvalue weighted by atomic mass is 32.2. The minimum atomic E-state index is -0.326. The number of hydrogen-bond donors (Lipinski definition) is 0. The molecule has 0 heterocycles. The summed E-state index contributed by atoms with van der Waals surface area (Å²) in [5, 5.41) is 0. The highest BCUT2D eigenvalue weighted by Gasteiger charge is 2.14. The standard InChI is InChI=1S/C21H24FNOS/c1-3-23(4-2)14-20(18-11-8-12-19(22)13-18)21(24)16-25-15-17-9-6-5-7-10-17/h5-14H,3-4,15-16H2,1-2H3/b20-14+. The molecule has 0 N–H and O–H groups in total. The maximum Gasteiger partial charge on any atom is 0.174 e. The molecule has 0 aliphatic carbocycles. The second-order valence-corrected chi connectivity index (χ2v) is 6.66. The van der Waals surface area contributed by atoms with Crippen LogP contribution in [-0.2, 0) is 10.5 Å². The van der Waals surface area contributed by atoms with Gasteiger partial charge in [-0.2, -0.15) is 0 Å². The number of allylic oxidation sites excluding steroid dienone is 1. The van der Waals surface area contributed by atoms with Crippen molar-refractivity contribution in [3.63, 3.8) is 0 Å². The first-order chi connectivity index (χ1) is 12.1. The second-order valence-electron chi connectivity index (χ2n) is 5.68. The Labute approximate surface area is 153 Å². The number of halogens is 1. The maximum absolute atomic E-state index is 13.6. The molecule has 2 nitrogen and oxygen atoms in total. The van der Waals surface area contributed by atoms with E-state index in [1.807, 2.05) is 38.2 Å². The molecule has 2 aromatic rings. The number of thioether (sulfide) groups is 1. The molecule has 0 aliphatic heterocycles. The number of carbonyl (C=O) groups is 1. The number of carbonyl (C=O) groups excluding carboxylic acids is 1. The van der Waals surface area contributed by atoms with Gasteiger partial charge in [-0.3, -0.25) is 4.79 Å². The Balaban J connectivity index is 2.12. The fraction of sp³-hybridized carbons (Fsp3) is 0.286. The lowest BCUT2D eigenvalue weighted by molar-refractivity contribution is -0.111. The molecular formula is C21H24FNOS. The lowest BCUT2D eigenvalue weighted by Gasteiger charge is -2.18. The van der Waals surface area contributed by atoms with Gasteiger partial charge in [0.2, 0.25) is 0 Å². The minimum absolute atomic E-state index is 0.0263. The zero-order chi connectivity index (χ0) is 18.1. The number of nitrogens with zero attached hydrogens (tertiary/aromatic N) is 1. The molecule has 0 radical (unpaired) electrons. The Bertz CT molecular complexity index is 711. The molecule has 0 saturated carbocycles. The highest BCUT2D eigenvalue weighted by molar-refractivity contribution is 7.99. The Hall–Kier alpha value is -2.07. The molecule has 25 heavy (non-hydrogen) atoms. The van der Waals surface area contributed by atoms with Crippen molar-refractivity contribution >= 4 is 23.1 Å². The monoisotopic (exact) mass is 357 g/mol. The number of rotatable bonds is 9. The van der Waals surface area contributed by atoms with Crippen molar-refractivity contribution in [2.45, 2.75) is 19.6 Å².